The van der Waals surface area contributed by atoms with Gasteiger partial charge in [-0.05, 0) is 52.0 Å². The van der Waals surface area contributed by atoms with Gasteiger partial charge in [0.05, 0.1) is 11.9 Å². The molecule has 0 unspecified atom stereocenters. The number of aryl methyl sites for hydroxylation is 1. The summed E-state index contributed by atoms with van der Waals surface area (Å²) >= 11 is 0. The third kappa shape index (κ3) is 5.07. The fraction of sp³-hybridized carbons (Fsp3) is 0.476. The smallest absolute Gasteiger partial charge is 0.410 e. The van der Waals surface area contributed by atoms with Crippen LogP contribution in [0.15, 0.2) is 30.5 Å². The Balaban J connectivity index is 1.55. The Morgan fingerprint density at radius 2 is 1.76 bits per heavy atom. The number of amides is 2. The van der Waals surface area contributed by atoms with E-state index >= 15 is 0 Å². The minimum absolute atomic E-state index is 0.188. The summed E-state index contributed by atoms with van der Waals surface area (Å²) in [6, 6.07) is 7.43. The number of nitrogens with one attached hydrogen (secondary N) is 1. The Morgan fingerprint density at radius 3 is 2.28 bits per heavy atom. The molecule has 1 aliphatic heterocycles. The third-order valence-corrected chi connectivity index (χ3v) is 4.89. The average Bonchev–Trinajstić information content (AvgIpc) is 3.00. The van der Waals surface area contributed by atoms with Crippen LogP contribution in [-0.4, -0.2) is 58.2 Å². The molecule has 0 spiro atoms. The van der Waals surface area contributed by atoms with Crippen molar-refractivity contribution in [2.75, 3.05) is 36.4 Å². The zero-order valence-electron chi connectivity index (χ0n) is 17.7. The molecule has 0 radical (unpaired) electrons. The summed E-state index contributed by atoms with van der Waals surface area (Å²) in [4.78, 5) is 32.8. The Labute approximate surface area is 171 Å². The molecule has 0 saturated carbocycles. The molecule has 29 heavy (non-hydrogen) atoms. The minimum atomic E-state index is -0.490. The maximum Gasteiger partial charge on any atom is 0.410 e. The lowest BCUT2D eigenvalue weighted by Crippen LogP contribution is -2.50. The first-order chi connectivity index (χ1) is 13.6. The van der Waals surface area contributed by atoms with Crippen molar-refractivity contribution in [3.05, 3.63) is 41.9 Å². The molecule has 0 aliphatic carbocycles. The second-order valence-corrected chi connectivity index (χ2v) is 8.23. The maximum atomic E-state index is 12.4. The summed E-state index contributed by atoms with van der Waals surface area (Å²) in [6.45, 7) is 10.2. The first-order valence-corrected chi connectivity index (χ1v) is 9.76. The Bertz CT molecular complexity index is 875. The van der Waals surface area contributed by atoms with E-state index in [0.29, 0.717) is 37.7 Å². The molecule has 1 fully saturated rings. The van der Waals surface area contributed by atoms with Crippen LogP contribution in [0, 0.1) is 6.92 Å². The fourth-order valence-corrected chi connectivity index (χ4v) is 3.14. The second-order valence-electron chi connectivity index (χ2n) is 8.23. The molecule has 156 valence electrons. The number of rotatable bonds is 3. The predicted molar refractivity (Wildman–Crippen MR) is 112 cm³/mol. The van der Waals surface area contributed by atoms with Gasteiger partial charge in [-0.1, -0.05) is 0 Å². The maximum absolute atomic E-state index is 12.4. The predicted octanol–water partition coefficient (Wildman–Crippen LogP) is 3.04. The highest BCUT2D eigenvalue weighted by molar-refractivity contribution is 6.02. The van der Waals surface area contributed by atoms with Gasteiger partial charge in [-0.25, -0.2) is 9.78 Å². The van der Waals surface area contributed by atoms with Crippen molar-refractivity contribution in [3.63, 3.8) is 0 Å². The molecule has 2 amide bonds. The second kappa shape index (κ2) is 8.14. The van der Waals surface area contributed by atoms with Crippen molar-refractivity contribution in [2.24, 2.45) is 7.05 Å². The molecule has 1 saturated heterocycles. The number of hydrogen-bond acceptors (Lipinski definition) is 5. The number of piperazine rings is 1. The summed E-state index contributed by atoms with van der Waals surface area (Å²) in [5.41, 5.74) is 2.08. The monoisotopic (exact) mass is 399 g/mol. The van der Waals surface area contributed by atoms with Crippen LogP contribution < -0.4 is 10.2 Å². The molecule has 3 heterocycles. The van der Waals surface area contributed by atoms with Crippen molar-refractivity contribution < 1.29 is 14.3 Å². The van der Waals surface area contributed by atoms with E-state index in [1.54, 1.807) is 23.2 Å². The summed E-state index contributed by atoms with van der Waals surface area (Å²) in [7, 11) is 1.86. The van der Waals surface area contributed by atoms with Crippen molar-refractivity contribution in [3.8, 4) is 0 Å². The molecule has 1 aliphatic rings. The number of pyridine rings is 1. The lowest BCUT2D eigenvalue weighted by molar-refractivity contribution is 0.0240. The van der Waals surface area contributed by atoms with Gasteiger partial charge in [-0.3, -0.25) is 4.79 Å². The van der Waals surface area contributed by atoms with Crippen LogP contribution in [-0.2, 0) is 11.8 Å². The number of aromatic nitrogens is 2. The average molecular weight is 399 g/mol. The Morgan fingerprint density at radius 1 is 1.07 bits per heavy atom. The summed E-state index contributed by atoms with van der Waals surface area (Å²) in [5, 5.41) is 2.83. The number of hydrogen-bond donors (Lipinski definition) is 1. The van der Waals surface area contributed by atoms with Crippen molar-refractivity contribution >= 4 is 23.5 Å². The Hall–Kier alpha value is -3.03. The van der Waals surface area contributed by atoms with E-state index in [1.807, 2.05) is 51.4 Å². The number of carbonyl (C=O) groups excluding carboxylic acids is 2. The van der Waals surface area contributed by atoms with Crippen molar-refractivity contribution in [1.29, 1.82) is 0 Å². The van der Waals surface area contributed by atoms with Gasteiger partial charge in [0.2, 0.25) is 0 Å². The topological polar surface area (TPSA) is 79.7 Å². The molecule has 0 atom stereocenters. The minimum Gasteiger partial charge on any atom is -0.444 e. The molecular weight excluding hydrogens is 370 g/mol. The van der Waals surface area contributed by atoms with Crippen molar-refractivity contribution in [1.82, 2.24) is 14.5 Å². The molecule has 2 aromatic rings. The van der Waals surface area contributed by atoms with Gasteiger partial charge < -0.3 is 24.4 Å². The standard InChI is InChI=1S/C21H29N5O3/c1-15-6-8-17(24(15)5)19(27)23-18-9-7-16(14-22-18)25-10-12-26(13-11-25)20(28)29-21(2,3)4/h6-9,14H,10-13H2,1-5H3,(H,22,23,27). The van der Waals surface area contributed by atoms with E-state index in [-0.39, 0.29) is 12.0 Å². The van der Waals surface area contributed by atoms with E-state index in [0.717, 1.165) is 11.4 Å². The van der Waals surface area contributed by atoms with E-state index < -0.39 is 5.60 Å². The van der Waals surface area contributed by atoms with Gasteiger partial charge in [-0.15, -0.1) is 0 Å². The number of carbonyl (C=O) groups is 2. The summed E-state index contributed by atoms with van der Waals surface area (Å²) in [6.07, 6.45) is 1.47. The summed E-state index contributed by atoms with van der Waals surface area (Å²) in [5.74, 6) is 0.316. The molecule has 0 aromatic carbocycles. The number of anilines is 2. The van der Waals surface area contributed by atoms with Gasteiger partial charge in [0.25, 0.3) is 5.91 Å². The third-order valence-electron chi connectivity index (χ3n) is 4.89. The van der Waals surface area contributed by atoms with Gasteiger partial charge >= 0.3 is 6.09 Å². The largest absolute Gasteiger partial charge is 0.444 e. The van der Waals surface area contributed by atoms with Crippen LogP contribution in [0.3, 0.4) is 0 Å². The van der Waals surface area contributed by atoms with Gasteiger partial charge in [-0.2, -0.15) is 0 Å². The SMILES string of the molecule is Cc1ccc(C(=O)Nc2ccc(N3CCN(C(=O)OC(C)(C)C)CC3)cn2)n1C. The van der Waals surface area contributed by atoms with Crippen LogP contribution in [0.5, 0.6) is 0 Å². The Kier molecular flexibility index (Phi) is 5.81. The lowest BCUT2D eigenvalue weighted by Gasteiger charge is -2.36. The lowest BCUT2D eigenvalue weighted by atomic mass is 10.2. The normalized spacial score (nSPS) is 14.7. The zero-order chi connectivity index (χ0) is 21.2. The van der Waals surface area contributed by atoms with Crippen LogP contribution in [0.4, 0.5) is 16.3 Å². The molecule has 2 aromatic heterocycles. The highest BCUT2D eigenvalue weighted by Crippen LogP contribution is 2.19. The van der Waals surface area contributed by atoms with Crippen LogP contribution in [0.2, 0.25) is 0 Å². The molecule has 8 heteroatoms. The number of nitrogens with zero attached hydrogens (tertiary/aromatic N) is 4. The van der Waals surface area contributed by atoms with Gasteiger partial charge in [0.1, 0.15) is 17.1 Å². The molecule has 0 bridgehead atoms. The first-order valence-electron chi connectivity index (χ1n) is 9.76. The van der Waals surface area contributed by atoms with Crippen LogP contribution >= 0.6 is 0 Å². The molecule has 1 N–H and O–H groups in total. The van der Waals surface area contributed by atoms with E-state index in [4.69, 9.17) is 4.74 Å². The number of ether oxygens (including phenoxy) is 1. The van der Waals surface area contributed by atoms with E-state index in [9.17, 15) is 9.59 Å². The van der Waals surface area contributed by atoms with Crippen molar-refractivity contribution in [2.45, 2.75) is 33.3 Å². The summed E-state index contributed by atoms with van der Waals surface area (Å²) < 4.78 is 7.27. The molecule has 3 rings (SSSR count). The molecule has 8 nitrogen and oxygen atoms in total. The van der Waals surface area contributed by atoms with Crippen LogP contribution in [0.25, 0.3) is 0 Å². The van der Waals surface area contributed by atoms with Gasteiger partial charge in [0.15, 0.2) is 0 Å². The fourth-order valence-electron chi connectivity index (χ4n) is 3.14. The quantitative estimate of drug-likeness (QED) is 0.858. The van der Waals surface area contributed by atoms with Crippen LogP contribution in [0.1, 0.15) is 37.0 Å². The van der Waals surface area contributed by atoms with E-state index in [1.165, 1.54) is 0 Å². The zero-order valence-corrected chi connectivity index (χ0v) is 17.7. The highest BCUT2D eigenvalue weighted by atomic mass is 16.6. The highest BCUT2D eigenvalue weighted by Gasteiger charge is 2.26. The van der Waals surface area contributed by atoms with Gasteiger partial charge in [0, 0.05) is 38.9 Å². The first kappa shape index (κ1) is 20.7. The molecular formula is C21H29N5O3. The van der Waals surface area contributed by atoms with E-state index in [2.05, 4.69) is 15.2 Å².